The number of rotatable bonds is 6. The summed E-state index contributed by atoms with van der Waals surface area (Å²) in [5.41, 5.74) is 4.75. The van der Waals surface area contributed by atoms with Gasteiger partial charge in [-0.05, 0) is 43.0 Å². The molecule has 2 aliphatic rings. The van der Waals surface area contributed by atoms with Gasteiger partial charge in [0.2, 0.25) is 5.91 Å². The highest BCUT2D eigenvalue weighted by atomic mass is 16.5. The molecule has 0 saturated carbocycles. The van der Waals surface area contributed by atoms with E-state index < -0.39 is 0 Å². The first-order valence-corrected chi connectivity index (χ1v) is 10.6. The Bertz CT molecular complexity index is 869. The third-order valence-electron chi connectivity index (χ3n) is 6.42. The molecule has 154 valence electrons. The number of ether oxygens (including phenoxy) is 1. The number of hydrogen-bond acceptors (Lipinski definition) is 4. The molecule has 2 fully saturated rings. The average molecular weight is 394 g/mol. The van der Waals surface area contributed by atoms with Crippen molar-refractivity contribution in [2.75, 3.05) is 33.4 Å². The van der Waals surface area contributed by atoms with Gasteiger partial charge in [-0.25, -0.2) is 0 Å². The molecule has 29 heavy (non-hydrogen) atoms. The average Bonchev–Trinajstić information content (AvgIpc) is 3.24. The maximum Gasteiger partial charge on any atom is 0.225 e. The number of aromatic nitrogens is 1. The van der Waals surface area contributed by atoms with Gasteiger partial charge in [-0.1, -0.05) is 30.3 Å². The van der Waals surface area contributed by atoms with Gasteiger partial charge in [0, 0.05) is 44.9 Å². The van der Waals surface area contributed by atoms with Crippen molar-refractivity contribution < 1.29 is 9.53 Å². The zero-order valence-electron chi connectivity index (χ0n) is 17.7. The molecule has 0 radical (unpaired) electrons. The number of benzene rings is 1. The lowest BCUT2D eigenvalue weighted by molar-refractivity contribution is -0.133. The second-order valence-electron chi connectivity index (χ2n) is 8.48. The van der Waals surface area contributed by atoms with E-state index in [0.717, 1.165) is 37.6 Å². The number of aryl methyl sites for hydroxylation is 2. The monoisotopic (exact) mass is 393 g/mol. The van der Waals surface area contributed by atoms with Crippen molar-refractivity contribution in [1.29, 1.82) is 0 Å². The van der Waals surface area contributed by atoms with Crippen LogP contribution in [-0.2, 0) is 16.1 Å². The molecule has 2 aliphatic heterocycles. The minimum Gasteiger partial charge on any atom is -0.384 e. The fourth-order valence-corrected chi connectivity index (χ4v) is 5.09. The zero-order chi connectivity index (χ0) is 20.4. The van der Waals surface area contributed by atoms with Crippen molar-refractivity contribution in [1.82, 2.24) is 14.8 Å². The molecule has 0 N–H and O–H groups in total. The molecule has 0 aliphatic carbocycles. The van der Waals surface area contributed by atoms with Crippen LogP contribution in [-0.4, -0.2) is 54.0 Å². The van der Waals surface area contributed by atoms with Gasteiger partial charge in [0.15, 0.2) is 0 Å². The van der Waals surface area contributed by atoms with Crippen molar-refractivity contribution in [3.8, 4) is 0 Å². The Morgan fingerprint density at radius 3 is 2.69 bits per heavy atom. The van der Waals surface area contributed by atoms with Crippen LogP contribution in [0.1, 0.15) is 35.0 Å². The molecule has 1 aromatic carbocycles. The molecule has 5 nitrogen and oxygen atoms in total. The highest BCUT2D eigenvalue weighted by molar-refractivity contribution is 5.77. The molecular weight excluding hydrogens is 362 g/mol. The van der Waals surface area contributed by atoms with Crippen LogP contribution >= 0.6 is 0 Å². The normalized spacial score (nSPS) is 24.1. The predicted octanol–water partition coefficient (Wildman–Crippen LogP) is 3.37. The van der Waals surface area contributed by atoms with Gasteiger partial charge < -0.3 is 9.64 Å². The zero-order valence-corrected chi connectivity index (χ0v) is 17.7. The van der Waals surface area contributed by atoms with Crippen LogP contribution in [0.2, 0.25) is 0 Å². The van der Waals surface area contributed by atoms with Crippen LogP contribution < -0.4 is 0 Å². The molecular formula is C24H31N3O2. The van der Waals surface area contributed by atoms with E-state index in [0.29, 0.717) is 24.9 Å². The summed E-state index contributed by atoms with van der Waals surface area (Å²) in [7, 11) is 1.65. The van der Waals surface area contributed by atoms with Gasteiger partial charge in [-0.15, -0.1) is 0 Å². The van der Waals surface area contributed by atoms with E-state index in [-0.39, 0.29) is 11.9 Å². The van der Waals surface area contributed by atoms with Gasteiger partial charge >= 0.3 is 0 Å². The number of pyridine rings is 1. The minimum absolute atomic E-state index is 0.154. The van der Waals surface area contributed by atoms with Gasteiger partial charge in [0.1, 0.15) is 0 Å². The fourth-order valence-electron chi connectivity index (χ4n) is 5.09. The molecule has 1 aromatic heterocycles. The molecule has 0 bridgehead atoms. The topological polar surface area (TPSA) is 45.7 Å². The number of nitrogens with zero attached hydrogens (tertiary/aromatic N) is 3. The number of fused-ring (bicyclic) bond motifs is 1. The molecule has 0 spiro atoms. The van der Waals surface area contributed by atoms with Crippen LogP contribution in [0, 0.1) is 25.7 Å². The molecule has 1 amide bonds. The lowest BCUT2D eigenvalue weighted by Gasteiger charge is -2.31. The molecule has 2 aromatic rings. The quantitative estimate of drug-likeness (QED) is 0.755. The van der Waals surface area contributed by atoms with Crippen LogP contribution in [0.15, 0.2) is 42.5 Å². The van der Waals surface area contributed by atoms with Crippen molar-refractivity contribution in [2.45, 2.75) is 32.9 Å². The van der Waals surface area contributed by atoms with Gasteiger partial charge in [0.05, 0.1) is 24.8 Å². The lowest BCUT2D eigenvalue weighted by atomic mass is 9.87. The molecule has 5 heteroatoms. The number of amides is 1. The summed E-state index contributed by atoms with van der Waals surface area (Å²) in [4.78, 5) is 22.3. The standard InChI is InChI=1S/C24H31N3O2/c1-17-7-4-5-10-21(17)24-22-16-26(15-20-9-6-8-18(2)25-20)13-19(22)14-27(24)23(28)11-12-29-3/h4-10,19,22,24H,11-16H2,1-3H3/t19-,22-,24+/m0/s1. The van der Waals surface area contributed by atoms with E-state index in [1.165, 1.54) is 11.1 Å². The molecule has 3 atom stereocenters. The first-order valence-electron chi connectivity index (χ1n) is 10.6. The number of carbonyl (C=O) groups excluding carboxylic acids is 1. The molecule has 4 rings (SSSR count). The summed E-state index contributed by atoms with van der Waals surface area (Å²) in [6.45, 7) is 8.43. The van der Waals surface area contributed by atoms with Gasteiger partial charge in [-0.3, -0.25) is 14.7 Å². The van der Waals surface area contributed by atoms with Crippen molar-refractivity contribution in [3.05, 3.63) is 65.0 Å². The fraction of sp³-hybridized carbons (Fsp3) is 0.500. The van der Waals surface area contributed by atoms with Crippen LogP contribution in [0.3, 0.4) is 0 Å². The Balaban J connectivity index is 1.55. The van der Waals surface area contributed by atoms with Crippen LogP contribution in [0.5, 0.6) is 0 Å². The lowest BCUT2D eigenvalue weighted by Crippen LogP contribution is -2.36. The Labute approximate surface area is 173 Å². The maximum absolute atomic E-state index is 13.0. The second-order valence-corrected chi connectivity index (χ2v) is 8.48. The summed E-state index contributed by atoms with van der Waals surface area (Å²) < 4.78 is 5.16. The van der Waals surface area contributed by atoms with Gasteiger partial charge in [-0.2, -0.15) is 0 Å². The largest absolute Gasteiger partial charge is 0.384 e. The van der Waals surface area contributed by atoms with E-state index in [4.69, 9.17) is 4.74 Å². The number of methoxy groups -OCH3 is 1. The highest BCUT2D eigenvalue weighted by Crippen LogP contribution is 2.46. The number of hydrogen-bond donors (Lipinski definition) is 0. The van der Waals surface area contributed by atoms with Gasteiger partial charge in [0.25, 0.3) is 0 Å². The van der Waals surface area contributed by atoms with E-state index in [1.54, 1.807) is 7.11 Å². The van der Waals surface area contributed by atoms with E-state index >= 15 is 0 Å². The predicted molar refractivity (Wildman–Crippen MR) is 113 cm³/mol. The molecule has 2 saturated heterocycles. The number of carbonyl (C=O) groups is 1. The first kappa shape index (κ1) is 20.0. The molecule has 3 heterocycles. The first-order chi connectivity index (χ1) is 14.1. The second kappa shape index (κ2) is 8.64. The summed E-state index contributed by atoms with van der Waals surface area (Å²) >= 11 is 0. The van der Waals surface area contributed by atoms with Crippen molar-refractivity contribution in [3.63, 3.8) is 0 Å². The third-order valence-corrected chi connectivity index (χ3v) is 6.42. The third kappa shape index (κ3) is 4.21. The van der Waals surface area contributed by atoms with E-state index in [1.807, 2.05) is 13.0 Å². The van der Waals surface area contributed by atoms with E-state index in [2.05, 4.69) is 58.1 Å². The Hall–Kier alpha value is -2.24. The summed E-state index contributed by atoms with van der Waals surface area (Å²) in [5.74, 6) is 1.18. The summed E-state index contributed by atoms with van der Waals surface area (Å²) in [6, 6.07) is 14.9. The highest BCUT2D eigenvalue weighted by Gasteiger charge is 2.49. The number of likely N-dealkylation sites (tertiary alicyclic amines) is 2. The van der Waals surface area contributed by atoms with E-state index in [9.17, 15) is 4.79 Å². The smallest absolute Gasteiger partial charge is 0.225 e. The SMILES string of the molecule is COCCC(=O)N1C[C@@H]2CN(Cc3cccc(C)n3)C[C@@H]2[C@H]1c1ccccc1C. The van der Waals surface area contributed by atoms with Crippen molar-refractivity contribution in [2.24, 2.45) is 11.8 Å². The summed E-state index contributed by atoms with van der Waals surface area (Å²) in [5, 5.41) is 0. The maximum atomic E-state index is 13.0. The summed E-state index contributed by atoms with van der Waals surface area (Å²) in [6.07, 6.45) is 0.454. The van der Waals surface area contributed by atoms with Crippen LogP contribution in [0.25, 0.3) is 0 Å². The Morgan fingerprint density at radius 2 is 1.93 bits per heavy atom. The minimum atomic E-state index is 0.154. The molecule has 0 unspecified atom stereocenters. The Morgan fingerprint density at radius 1 is 1.10 bits per heavy atom. The Kier molecular flexibility index (Phi) is 5.97. The van der Waals surface area contributed by atoms with Crippen molar-refractivity contribution >= 4 is 5.91 Å². The van der Waals surface area contributed by atoms with Crippen LogP contribution in [0.4, 0.5) is 0 Å².